The summed E-state index contributed by atoms with van der Waals surface area (Å²) in [5.41, 5.74) is 3.40. The van der Waals surface area contributed by atoms with Gasteiger partial charge in [-0.3, -0.25) is 0 Å². The van der Waals surface area contributed by atoms with Gasteiger partial charge in [0, 0.05) is 18.7 Å². The molecule has 3 heteroatoms. The van der Waals surface area contributed by atoms with Crippen molar-refractivity contribution >= 4 is 0 Å². The summed E-state index contributed by atoms with van der Waals surface area (Å²) in [4.78, 5) is 4.66. The quantitative estimate of drug-likeness (QED) is 0.858. The van der Waals surface area contributed by atoms with Crippen molar-refractivity contribution in [3.63, 3.8) is 0 Å². The fourth-order valence-corrected chi connectivity index (χ4v) is 2.14. The third-order valence-corrected chi connectivity index (χ3v) is 3.34. The number of hydrogen-bond acceptors (Lipinski definition) is 3. The number of aryl methyl sites for hydroxylation is 2. The minimum Gasteiger partial charge on any atom is -0.445 e. The molecule has 0 amide bonds. The molecule has 3 nitrogen and oxygen atoms in total. The van der Waals surface area contributed by atoms with Gasteiger partial charge in [-0.05, 0) is 19.4 Å². The number of oxazole rings is 1. The number of nitrogens with one attached hydrogen (secondary N) is 1. The van der Waals surface area contributed by atoms with Gasteiger partial charge in [0.1, 0.15) is 11.5 Å². The van der Waals surface area contributed by atoms with Gasteiger partial charge in [-0.2, -0.15) is 0 Å². The second-order valence-corrected chi connectivity index (χ2v) is 4.63. The molecule has 1 aromatic heterocycles. The van der Waals surface area contributed by atoms with Crippen molar-refractivity contribution in [3.8, 4) is 11.3 Å². The van der Waals surface area contributed by atoms with E-state index in [1.54, 1.807) is 0 Å². The molecule has 0 unspecified atom stereocenters. The Hall–Kier alpha value is -1.61. The van der Waals surface area contributed by atoms with E-state index >= 15 is 0 Å². The monoisotopic (exact) mass is 228 g/mol. The van der Waals surface area contributed by atoms with E-state index in [1.807, 2.05) is 19.1 Å². The summed E-state index contributed by atoms with van der Waals surface area (Å²) >= 11 is 0. The highest BCUT2D eigenvalue weighted by Gasteiger charge is 2.25. The predicted octanol–water partition coefficient (Wildman–Crippen LogP) is 2.65. The molecule has 1 aliphatic rings. The van der Waals surface area contributed by atoms with Crippen molar-refractivity contribution < 1.29 is 4.42 Å². The first-order valence-corrected chi connectivity index (χ1v) is 6.00. The van der Waals surface area contributed by atoms with Crippen LogP contribution in [0.2, 0.25) is 0 Å². The molecule has 0 atom stereocenters. The Morgan fingerprint density at radius 2 is 2.00 bits per heavy atom. The summed E-state index contributed by atoms with van der Waals surface area (Å²) in [6.45, 7) is 6.05. The summed E-state index contributed by atoms with van der Waals surface area (Å²) in [5, 5.41) is 3.24. The van der Waals surface area contributed by atoms with Crippen LogP contribution in [0.5, 0.6) is 0 Å². The molecule has 1 aromatic carbocycles. The van der Waals surface area contributed by atoms with Gasteiger partial charge in [0.05, 0.1) is 5.92 Å². The molecule has 88 valence electrons. The topological polar surface area (TPSA) is 38.1 Å². The molecule has 1 fully saturated rings. The van der Waals surface area contributed by atoms with Gasteiger partial charge in [-0.15, -0.1) is 0 Å². The number of aromatic nitrogens is 1. The lowest BCUT2D eigenvalue weighted by Gasteiger charge is -2.23. The Labute approximate surface area is 101 Å². The minimum atomic E-state index is 0.450. The maximum Gasteiger partial charge on any atom is 0.200 e. The van der Waals surface area contributed by atoms with Crippen molar-refractivity contribution in [2.75, 3.05) is 13.1 Å². The third-order valence-electron chi connectivity index (χ3n) is 3.34. The van der Waals surface area contributed by atoms with Crippen LogP contribution in [0.3, 0.4) is 0 Å². The van der Waals surface area contributed by atoms with Crippen LogP contribution in [-0.2, 0) is 0 Å². The van der Waals surface area contributed by atoms with E-state index in [0.29, 0.717) is 5.92 Å². The first-order valence-electron chi connectivity index (χ1n) is 6.00. The molecular weight excluding hydrogens is 212 g/mol. The Morgan fingerprint density at radius 1 is 1.24 bits per heavy atom. The maximum atomic E-state index is 5.78. The van der Waals surface area contributed by atoms with Gasteiger partial charge in [-0.1, -0.05) is 24.3 Å². The van der Waals surface area contributed by atoms with E-state index in [2.05, 4.69) is 29.4 Å². The second kappa shape index (κ2) is 4.00. The number of benzene rings is 1. The first-order chi connectivity index (χ1) is 8.25. The lowest BCUT2D eigenvalue weighted by Crippen LogP contribution is -2.40. The molecular formula is C14H16N2O. The highest BCUT2D eigenvalue weighted by Crippen LogP contribution is 2.29. The number of nitrogens with zero attached hydrogens (tertiary/aromatic N) is 1. The van der Waals surface area contributed by atoms with E-state index in [4.69, 9.17) is 4.42 Å². The van der Waals surface area contributed by atoms with Gasteiger partial charge in [-0.25, -0.2) is 4.98 Å². The van der Waals surface area contributed by atoms with Crippen LogP contribution in [0.25, 0.3) is 11.3 Å². The summed E-state index contributed by atoms with van der Waals surface area (Å²) in [6.07, 6.45) is 0. The fraction of sp³-hybridized carbons (Fsp3) is 0.357. The fourth-order valence-electron chi connectivity index (χ4n) is 2.14. The van der Waals surface area contributed by atoms with Crippen LogP contribution in [0.4, 0.5) is 0 Å². The molecule has 0 spiro atoms. The standard InChI is InChI=1S/C14H16N2O/c1-9-5-3-4-6-12(9)13-10(2)17-14(16-13)11-7-15-8-11/h3-6,11,15H,7-8H2,1-2H3. The van der Waals surface area contributed by atoms with Crippen LogP contribution in [0, 0.1) is 13.8 Å². The Kier molecular flexibility index (Phi) is 2.48. The molecule has 1 aliphatic heterocycles. The average molecular weight is 228 g/mol. The molecule has 2 aromatic rings. The second-order valence-electron chi connectivity index (χ2n) is 4.63. The van der Waals surface area contributed by atoms with E-state index in [-0.39, 0.29) is 0 Å². The largest absolute Gasteiger partial charge is 0.445 e. The molecule has 0 bridgehead atoms. The van der Waals surface area contributed by atoms with Gasteiger partial charge in [0.2, 0.25) is 5.89 Å². The average Bonchev–Trinajstić information content (AvgIpc) is 2.58. The SMILES string of the molecule is Cc1ccccc1-c1nc(C2CNC2)oc1C. The van der Waals surface area contributed by atoms with E-state index in [0.717, 1.165) is 30.4 Å². The van der Waals surface area contributed by atoms with Crippen LogP contribution in [0.15, 0.2) is 28.7 Å². The minimum absolute atomic E-state index is 0.450. The number of hydrogen-bond donors (Lipinski definition) is 1. The Bertz CT molecular complexity index is 541. The molecule has 0 radical (unpaired) electrons. The molecule has 17 heavy (non-hydrogen) atoms. The van der Waals surface area contributed by atoms with Gasteiger partial charge < -0.3 is 9.73 Å². The lowest BCUT2D eigenvalue weighted by atomic mass is 10.0. The molecule has 0 aliphatic carbocycles. The maximum absolute atomic E-state index is 5.78. The molecule has 1 N–H and O–H groups in total. The summed E-state index contributed by atoms with van der Waals surface area (Å²) < 4.78 is 5.78. The van der Waals surface area contributed by atoms with Crippen LogP contribution < -0.4 is 5.32 Å². The van der Waals surface area contributed by atoms with Crippen molar-refractivity contribution in [2.45, 2.75) is 19.8 Å². The smallest absolute Gasteiger partial charge is 0.200 e. The van der Waals surface area contributed by atoms with E-state index in [1.165, 1.54) is 11.1 Å². The van der Waals surface area contributed by atoms with Crippen molar-refractivity contribution in [2.24, 2.45) is 0 Å². The summed E-state index contributed by atoms with van der Waals surface area (Å²) in [6, 6.07) is 8.29. The Balaban J connectivity index is 2.03. The van der Waals surface area contributed by atoms with Crippen LogP contribution in [0.1, 0.15) is 23.1 Å². The molecule has 1 saturated heterocycles. The van der Waals surface area contributed by atoms with Gasteiger partial charge in [0.25, 0.3) is 0 Å². The molecule has 2 heterocycles. The highest BCUT2D eigenvalue weighted by atomic mass is 16.4. The van der Waals surface area contributed by atoms with Crippen molar-refractivity contribution in [3.05, 3.63) is 41.5 Å². The first kappa shape index (κ1) is 10.5. The van der Waals surface area contributed by atoms with Crippen LogP contribution >= 0.6 is 0 Å². The Morgan fingerprint density at radius 3 is 2.65 bits per heavy atom. The van der Waals surface area contributed by atoms with Crippen LogP contribution in [-0.4, -0.2) is 18.1 Å². The highest BCUT2D eigenvalue weighted by molar-refractivity contribution is 5.65. The zero-order chi connectivity index (χ0) is 11.8. The zero-order valence-electron chi connectivity index (χ0n) is 10.2. The predicted molar refractivity (Wildman–Crippen MR) is 67.0 cm³/mol. The van der Waals surface area contributed by atoms with E-state index < -0.39 is 0 Å². The summed E-state index contributed by atoms with van der Waals surface area (Å²) in [5.74, 6) is 2.24. The van der Waals surface area contributed by atoms with E-state index in [9.17, 15) is 0 Å². The normalized spacial score (nSPS) is 15.9. The van der Waals surface area contributed by atoms with Gasteiger partial charge >= 0.3 is 0 Å². The zero-order valence-corrected chi connectivity index (χ0v) is 10.2. The molecule has 0 saturated carbocycles. The third kappa shape index (κ3) is 1.76. The van der Waals surface area contributed by atoms with Crippen molar-refractivity contribution in [1.82, 2.24) is 10.3 Å². The van der Waals surface area contributed by atoms with Gasteiger partial charge in [0.15, 0.2) is 0 Å². The number of rotatable bonds is 2. The molecule has 3 rings (SSSR count). The van der Waals surface area contributed by atoms with Crippen molar-refractivity contribution in [1.29, 1.82) is 0 Å². The lowest BCUT2D eigenvalue weighted by molar-refractivity contribution is 0.350. The summed E-state index contributed by atoms with van der Waals surface area (Å²) in [7, 11) is 0.